The highest BCUT2D eigenvalue weighted by Gasteiger charge is 2.05. The summed E-state index contributed by atoms with van der Waals surface area (Å²) < 4.78 is 7.44. The van der Waals surface area contributed by atoms with E-state index in [0.717, 1.165) is 48.9 Å². The van der Waals surface area contributed by atoms with E-state index >= 15 is 0 Å². The highest BCUT2D eigenvalue weighted by atomic mass is 16.5. The second-order valence-electron chi connectivity index (χ2n) is 3.96. The van der Waals surface area contributed by atoms with E-state index in [1.54, 1.807) is 0 Å². The summed E-state index contributed by atoms with van der Waals surface area (Å²) in [6, 6.07) is 7.84. The summed E-state index contributed by atoms with van der Waals surface area (Å²) >= 11 is 0. The van der Waals surface area contributed by atoms with E-state index in [1.165, 1.54) is 0 Å². The summed E-state index contributed by atoms with van der Waals surface area (Å²) in [5, 5.41) is 1.12. The molecule has 2 aromatic rings. The predicted octanol–water partition coefficient (Wildman–Crippen LogP) is 2.88. The molecule has 0 bridgehead atoms. The number of hydrogen-bond acceptors (Lipinski definition) is 2. The summed E-state index contributed by atoms with van der Waals surface area (Å²) in [4.78, 5) is 11.0. The minimum absolute atomic E-state index is 0.754. The number of fused-ring (bicyclic) bond motifs is 1. The zero-order chi connectivity index (χ0) is 12.1. The highest BCUT2D eigenvalue weighted by molar-refractivity contribution is 5.96. The van der Waals surface area contributed by atoms with Crippen LogP contribution in [0, 0.1) is 0 Å². The van der Waals surface area contributed by atoms with E-state index < -0.39 is 0 Å². The van der Waals surface area contributed by atoms with Crippen LogP contribution in [-0.4, -0.2) is 24.1 Å². The Morgan fingerprint density at radius 2 is 2.24 bits per heavy atom. The molecule has 0 spiro atoms. The van der Waals surface area contributed by atoms with Crippen molar-refractivity contribution in [1.82, 2.24) is 4.57 Å². The van der Waals surface area contributed by atoms with Crippen molar-refractivity contribution in [2.45, 2.75) is 19.9 Å². The molecule has 1 aromatic carbocycles. The van der Waals surface area contributed by atoms with Crippen molar-refractivity contribution in [2.75, 3.05) is 13.2 Å². The molecule has 1 aromatic heterocycles. The maximum absolute atomic E-state index is 11.0. The molecule has 0 saturated heterocycles. The van der Waals surface area contributed by atoms with Crippen molar-refractivity contribution in [2.24, 2.45) is 0 Å². The van der Waals surface area contributed by atoms with Gasteiger partial charge in [0.1, 0.15) is 0 Å². The third-order valence-electron chi connectivity index (χ3n) is 2.84. The van der Waals surface area contributed by atoms with Gasteiger partial charge in [-0.3, -0.25) is 4.79 Å². The van der Waals surface area contributed by atoms with Crippen molar-refractivity contribution >= 4 is 17.2 Å². The second kappa shape index (κ2) is 5.64. The van der Waals surface area contributed by atoms with Gasteiger partial charge in [0.25, 0.3) is 0 Å². The van der Waals surface area contributed by atoms with Crippen LogP contribution >= 0.6 is 0 Å². The quantitative estimate of drug-likeness (QED) is 0.565. The Labute approximate surface area is 101 Å². The molecule has 0 aliphatic rings. The van der Waals surface area contributed by atoms with Gasteiger partial charge in [-0.2, -0.15) is 0 Å². The number of aryl methyl sites for hydroxylation is 1. The molecule has 0 atom stereocenters. The zero-order valence-electron chi connectivity index (χ0n) is 10.1. The molecule has 0 saturated carbocycles. The summed E-state index contributed by atoms with van der Waals surface area (Å²) in [5.41, 5.74) is 1.78. The van der Waals surface area contributed by atoms with Crippen LogP contribution < -0.4 is 0 Å². The van der Waals surface area contributed by atoms with Crippen molar-refractivity contribution in [1.29, 1.82) is 0 Å². The summed E-state index contributed by atoms with van der Waals surface area (Å²) in [6.45, 7) is 4.40. The SMILES string of the molecule is CCOCCCn1ccc2cccc(C=O)c21. The molecule has 0 aliphatic carbocycles. The molecule has 0 N–H and O–H groups in total. The molecule has 0 aliphatic heterocycles. The first-order valence-corrected chi connectivity index (χ1v) is 5.97. The predicted molar refractivity (Wildman–Crippen MR) is 68.4 cm³/mol. The Kier molecular flexibility index (Phi) is 3.94. The largest absolute Gasteiger partial charge is 0.382 e. The first kappa shape index (κ1) is 11.9. The number of carbonyl (C=O) groups is 1. The number of rotatable bonds is 6. The summed E-state index contributed by atoms with van der Waals surface area (Å²) in [5.74, 6) is 0. The molecule has 0 amide bonds. The number of ether oxygens (including phenoxy) is 1. The van der Waals surface area contributed by atoms with Gasteiger partial charge in [0.15, 0.2) is 6.29 Å². The fourth-order valence-corrected chi connectivity index (χ4v) is 2.05. The van der Waals surface area contributed by atoms with Gasteiger partial charge >= 0.3 is 0 Å². The Morgan fingerprint density at radius 1 is 1.35 bits per heavy atom. The maximum atomic E-state index is 11.0. The summed E-state index contributed by atoms with van der Waals surface area (Å²) in [6.07, 6.45) is 3.91. The number of nitrogens with zero attached hydrogens (tertiary/aromatic N) is 1. The van der Waals surface area contributed by atoms with Crippen LogP contribution in [0.2, 0.25) is 0 Å². The third-order valence-corrected chi connectivity index (χ3v) is 2.84. The van der Waals surface area contributed by atoms with Crippen molar-refractivity contribution < 1.29 is 9.53 Å². The van der Waals surface area contributed by atoms with Crippen LogP contribution in [0.15, 0.2) is 30.5 Å². The standard InChI is InChI=1S/C14H17NO2/c1-2-17-10-4-8-15-9-7-12-5-3-6-13(11-16)14(12)15/h3,5-7,9,11H,2,4,8,10H2,1H3. The van der Waals surface area contributed by atoms with E-state index in [-0.39, 0.29) is 0 Å². The molecule has 3 heteroatoms. The average Bonchev–Trinajstić information content (AvgIpc) is 2.78. The molecule has 90 valence electrons. The molecule has 2 rings (SSSR count). The lowest BCUT2D eigenvalue weighted by atomic mass is 10.1. The van der Waals surface area contributed by atoms with Crippen LogP contribution in [0.1, 0.15) is 23.7 Å². The van der Waals surface area contributed by atoms with Crippen LogP contribution in [0.5, 0.6) is 0 Å². The number of hydrogen-bond donors (Lipinski definition) is 0. The lowest BCUT2D eigenvalue weighted by Gasteiger charge is -2.07. The van der Waals surface area contributed by atoms with E-state index in [2.05, 4.69) is 4.57 Å². The number of carbonyl (C=O) groups excluding carboxylic acids is 1. The highest BCUT2D eigenvalue weighted by Crippen LogP contribution is 2.19. The minimum Gasteiger partial charge on any atom is -0.382 e. The maximum Gasteiger partial charge on any atom is 0.152 e. The van der Waals surface area contributed by atoms with E-state index in [1.807, 2.05) is 37.4 Å². The average molecular weight is 231 g/mol. The normalized spacial score (nSPS) is 10.9. The Balaban J connectivity index is 2.19. The van der Waals surface area contributed by atoms with E-state index in [4.69, 9.17) is 4.74 Å². The van der Waals surface area contributed by atoms with Crippen LogP contribution in [-0.2, 0) is 11.3 Å². The lowest BCUT2D eigenvalue weighted by Crippen LogP contribution is -2.02. The van der Waals surface area contributed by atoms with Gasteiger partial charge in [0.05, 0.1) is 5.52 Å². The summed E-state index contributed by atoms with van der Waals surface area (Å²) in [7, 11) is 0. The third kappa shape index (κ3) is 2.56. The van der Waals surface area contributed by atoms with E-state index in [9.17, 15) is 4.79 Å². The molecule has 1 heterocycles. The Hall–Kier alpha value is -1.61. The fourth-order valence-electron chi connectivity index (χ4n) is 2.05. The monoisotopic (exact) mass is 231 g/mol. The first-order chi connectivity index (χ1) is 8.36. The molecular formula is C14H17NO2. The van der Waals surface area contributed by atoms with Gasteiger partial charge in [0, 0.05) is 36.9 Å². The lowest BCUT2D eigenvalue weighted by molar-refractivity contribution is 0.112. The molecule has 17 heavy (non-hydrogen) atoms. The number of para-hydroxylation sites is 1. The van der Waals surface area contributed by atoms with Gasteiger partial charge in [-0.25, -0.2) is 0 Å². The second-order valence-corrected chi connectivity index (χ2v) is 3.96. The van der Waals surface area contributed by atoms with E-state index in [0.29, 0.717) is 0 Å². The van der Waals surface area contributed by atoms with Gasteiger partial charge in [-0.05, 0) is 25.5 Å². The van der Waals surface area contributed by atoms with Gasteiger partial charge in [0.2, 0.25) is 0 Å². The smallest absolute Gasteiger partial charge is 0.152 e. The molecule has 0 unspecified atom stereocenters. The van der Waals surface area contributed by atoms with Crippen LogP contribution in [0.3, 0.4) is 0 Å². The topological polar surface area (TPSA) is 31.2 Å². The first-order valence-electron chi connectivity index (χ1n) is 5.97. The van der Waals surface area contributed by atoms with Gasteiger partial charge in [-0.15, -0.1) is 0 Å². The number of benzene rings is 1. The van der Waals surface area contributed by atoms with Crippen molar-refractivity contribution in [3.63, 3.8) is 0 Å². The van der Waals surface area contributed by atoms with Crippen LogP contribution in [0.25, 0.3) is 10.9 Å². The number of aldehydes is 1. The van der Waals surface area contributed by atoms with Crippen LogP contribution in [0.4, 0.5) is 0 Å². The Morgan fingerprint density at radius 3 is 3.00 bits per heavy atom. The van der Waals surface area contributed by atoms with Gasteiger partial charge < -0.3 is 9.30 Å². The Bertz CT molecular complexity index is 502. The molecule has 3 nitrogen and oxygen atoms in total. The number of aromatic nitrogens is 1. The van der Waals surface area contributed by atoms with Crippen molar-refractivity contribution in [3.05, 3.63) is 36.0 Å². The van der Waals surface area contributed by atoms with Crippen molar-refractivity contribution in [3.8, 4) is 0 Å². The minimum atomic E-state index is 0.754. The molecule has 0 fully saturated rings. The fraction of sp³-hybridized carbons (Fsp3) is 0.357. The van der Waals surface area contributed by atoms with Gasteiger partial charge in [-0.1, -0.05) is 12.1 Å². The molecule has 0 radical (unpaired) electrons. The zero-order valence-corrected chi connectivity index (χ0v) is 10.1. The molecular weight excluding hydrogens is 214 g/mol.